The van der Waals surface area contributed by atoms with Gasteiger partial charge in [0.25, 0.3) is 0 Å². The Morgan fingerprint density at radius 1 is 1.56 bits per heavy atom. The first-order valence-electron chi connectivity index (χ1n) is 6.48. The van der Waals surface area contributed by atoms with Crippen molar-refractivity contribution in [2.45, 2.75) is 39.7 Å². The van der Waals surface area contributed by atoms with Crippen LogP contribution in [0.3, 0.4) is 0 Å². The third-order valence-electron chi connectivity index (χ3n) is 4.19. The van der Waals surface area contributed by atoms with E-state index in [4.69, 9.17) is 9.47 Å². The highest BCUT2D eigenvalue weighted by Crippen LogP contribution is 2.42. The molecule has 0 aromatic carbocycles. The first kappa shape index (κ1) is 13.9. The lowest BCUT2D eigenvalue weighted by Crippen LogP contribution is -2.44. The largest absolute Gasteiger partial charge is 0.385 e. The van der Waals surface area contributed by atoms with Crippen molar-refractivity contribution in [2.24, 2.45) is 11.3 Å². The molecular formula is C13H27NO2. The molecule has 3 heteroatoms. The SMILES string of the molecule is CCNCC1(C(C)CCOC)CCOC1C. The van der Waals surface area contributed by atoms with E-state index in [2.05, 4.69) is 26.1 Å². The minimum atomic E-state index is 0.300. The predicted octanol–water partition coefficient (Wildman–Crippen LogP) is 2.06. The molecule has 0 saturated carbocycles. The minimum absolute atomic E-state index is 0.300. The van der Waals surface area contributed by atoms with E-state index in [1.807, 2.05) is 0 Å². The predicted molar refractivity (Wildman–Crippen MR) is 66.7 cm³/mol. The van der Waals surface area contributed by atoms with E-state index in [0.29, 0.717) is 17.4 Å². The van der Waals surface area contributed by atoms with E-state index < -0.39 is 0 Å². The summed E-state index contributed by atoms with van der Waals surface area (Å²) in [5.74, 6) is 0.643. The summed E-state index contributed by atoms with van der Waals surface area (Å²) < 4.78 is 11.0. The summed E-state index contributed by atoms with van der Waals surface area (Å²) in [6.07, 6.45) is 2.65. The molecule has 1 fully saturated rings. The number of ether oxygens (including phenoxy) is 2. The molecule has 1 rings (SSSR count). The van der Waals surface area contributed by atoms with E-state index in [0.717, 1.165) is 32.7 Å². The van der Waals surface area contributed by atoms with Gasteiger partial charge in [0.2, 0.25) is 0 Å². The Bertz CT molecular complexity index is 198. The summed E-state index contributed by atoms with van der Waals surface area (Å²) in [5, 5.41) is 3.50. The van der Waals surface area contributed by atoms with Gasteiger partial charge in [-0.3, -0.25) is 0 Å². The van der Waals surface area contributed by atoms with Gasteiger partial charge < -0.3 is 14.8 Å². The smallest absolute Gasteiger partial charge is 0.0618 e. The molecule has 0 amide bonds. The molecule has 96 valence electrons. The maximum atomic E-state index is 5.79. The maximum Gasteiger partial charge on any atom is 0.0618 e. The average Bonchev–Trinajstić information content (AvgIpc) is 2.66. The van der Waals surface area contributed by atoms with Gasteiger partial charge in [0.15, 0.2) is 0 Å². The molecule has 0 aromatic heterocycles. The molecule has 3 atom stereocenters. The van der Waals surface area contributed by atoms with Crippen LogP contribution in [0.4, 0.5) is 0 Å². The van der Waals surface area contributed by atoms with Crippen LogP contribution >= 0.6 is 0 Å². The number of hydrogen-bond donors (Lipinski definition) is 1. The fourth-order valence-corrected chi connectivity index (χ4v) is 2.79. The Morgan fingerprint density at radius 2 is 2.31 bits per heavy atom. The molecule has 0 spiro atoms. The minimum Gasteiger partial charge on any atom is -0.385 e. The number of rotatable bonds is 7. The highest BCUT2D eigenvalue weighted by atomic mass is 16.5. The molecule has 3 unspecified atom stereocenters. The highest BCUT2D eigenvalue weighted by Gasteiger charge is 2.44. The molecular weight excluding hydrogens is 202 g/mol. The molecule has 16 heavy (non-hydrogen) atoms. The molecule has 1 aliphatic heterocycles. The molecule has 0 aromatic rings. The first-order valence-corrected chi connectivity index (χ1v) is 6.48. The van der Waals surface area contributed by atoms with Gasteiger partial charge in [-0.15, -0.1) is 0 Å². The van der Waals surface area contributed by atoms with E-state index in [-0.39, 0.29) is 0 Å². The topological polar surface area (TPSA) is 30.5 Å². The second-order valence-electron chi connectivity index (χ2n) is 4.96. The summed E-state index contributed by atoms with van der Waals surface area (Å²) in [5.41, 5.74) is 0.300. The zero-order valence-corrected chi connectivity index (χ0v) is 11.2. The summed E-state index contributed by atoms with van der Waals surface area (Å²) in [7, 11) is 1.78. The van der Waals surface area contributed by atoms with E-state index in [1.165, 1.54) is 6.42 Å². The van der Waals surface area contributed by atoms with Crippen LogP contribution in [0.2, 0.25) is 0 Å². The zero-order chi connectivity index (χ0) is 12.0. The van der Waals surface area contributed by atoms with Crippen LogP contribution in [0.25, 0.3) is 0 Å². The van der Waals surface area contributed by atoms with Gasteiger partial charge in [-0.1, -0.05) is 13.8 Å². The fourth-order valence-electron chi connectivity index (χ4n) is 2.79. The second-order valence-corrected chi connectivity index (χ2v) is 4.96. The lowest BCUT2D eigenvalue weighted by molar-refractivity contribution is 0.0226. The molecule has 1 aliphatic rings. The average molecular weight is 229 g/mol. The summed E-state index contributed by atoms with van der Waals surface area (Å²) in [6, 6.07) is 0. The van der Waals surface area contributed by atoms with Gasteiger partial charge in [0.1, 0.15) is 0 Å². The molecule has 1 N–H and O–H groups in total. The second kappa shape index (κ2) is 6.58. The summed E-state index contributed by atoms with van der Waals surface area (Å²) in [4.78, 5) is 0. The number of nitrogens with one attached hydrogen (secondary N) is 1. The third-order valence-corrected chi connectivity index (χ3v) is 4.19. The third kappa shape index (κ3) is 2.96. The quantitative estimate of drug-likeness (QED) is 0.725. The van der Waals surface area contributed by atoms with E-state index in [1.54, 1.807) is 7.11 Å². The molecule has 1 heterocycles. The first-order chi connectivity index (χ1) is 7.67. The van der Waals surface area contributed by atoms with Crippen molar-refractivity contribution in [1.82, 2.24) is 5.32 Å². The van der Waals surface area contributed by atoms with Crippen LogP contribution in [0, 0.1) is 11.3 Å². The Balaban J connectivity index is 2.61. The van der Waals surface area contributed by atoms with Crippen LogP contribution in [-0.4, -0.2) is 39.5 Å². The number of methoxy groups -OCH3 is 1. The molecule has 1 saturated heterocycles. The monoisotopic (exact) mass is 229 g/mol. The Labute approximate surface area is 99.9 Å². The Kier molecular flexibility index (Phi) is 5.73. The van der Waals surface area contributed by atoms with Crippen molar-refractivity contribution in [1.29, 1.82) is 0 Å². The zero-order valence-electron chi connectivity index (χ0n) is 11.2. The molecule has 3 nitrogen and oxygen atoms in total. The van der Waals surface area contributed by atoms with Crippen molar-refractivity contribution in [3.8, 4) is 0 Å². The lowest BCUT2D eigenvalue weighted by Gasteiger charge is -2.38. The van der Waals surface area contributed by atoms with Gasteiger partial charge in [-0.2, -0.15) is 0 Å². The van der Waals surface area contributed by atoms with Crippen LogP contribution in [-0.2, 0) is 9.47 Å². The van der Waals surface area contributed by atoms with Crippen LogP contribution in [0.5, 0.6) is 0 Å². The van der Waals surface area contributed by atoms with Gasteiger partial charge in [0, 0.05) is 32.3 Å². The fraction of sp³-hybridized carbons (Fsp3) is 1.00. The molecule has 0 radical (unpaired) electrons. The summed E-state index contributed by atoms with van der Waals surface area (Å²) in [6.45, 7) is 10.6. The molecule has 0 aliphatic carbocycles. The van der Waals surface area contributed by atoms with Gasteiger partial charge in [-0.25, -0.2) is 0 Å². The van der Waals surface area contributed by atoms with Crippen LogP contribution in [0.1, 0.15) is 33.6 Å². The summed E-state index contributed by atoms with van der Waals surface area (Å²) >= 11 is 0. The van der Waals surface area contributed by atoms with Gasteiger partial charge in [0.05, 0.1) is 6.10 Å². The van der Waals surface area contributed by atoms with Crippen molar-refractivity contribution < 1.29 is 9.47 Å². The lowest BCUT2D eigenvalue weighted by atomic mass is 9.70. The van der Waals surface area contributed by atoms with Crippen molar-refractivity contribution >= 4 is 0 Å². The van der Waals surface area contributed by atoms with Crippen molar-refractivity contribution in [2.75, 3.05) is 33.4 Å². The standard InChI is InChI=1S/C13H27NO2/c1-5-14-10-13(7-9-16-12(13)3)11(2)6-8-15-4/h11-12,14H,5-10H2,1-4H3. The van der Waals surface area contributed by atoms with Crippen LogP contribution < -0.4 is 5.32 Å². The van der Waals surface area contributed by atoms with Crippen molar-refractivity contribution in [3.63, 3.8) is 0 Å². The van der Waals surface area contributed by atoms with Gasteiger partial charge >= 0.3 is 0 Å². The highest BCUT2D eigenvalue weighted by molar-refractivity contribution is 4.94. The Morgan fingerprint density at radius 3 is 2.81 bits per heavy atom. The van der Waals surface area contributed by atoms with Crippen LogP contribution in [0.15, 0.2) is 0 Å². The maximum absolute atomic E-state index is 5.79. The molecule has 0 bridgehead atoms. The van der Waals surface area contributed by atoms with Gasteiger partial charge in [-0.05, 0) is 32.2 Å². The van der Waals surface area contributed by atoms with Crippen molar-refractivity contribution in [3.05, 3.63) is 0 Å². The number of hydrogen-bond acceptors (Lipinski definition) is 3. The van der Waals surface area contributed by atoms with E-state index in [9.17, 15) is 0 Å². The normalized spacial score (nSPS) is 31.9. The van der Waals surface area contributed by atoms with E-state index >= 15 is 0 Å². The Hall–Kier alpha value is -0.120.